The van der Waals surface area contributed by atoms with Crippen molar-refractivity contribution in [1.29, 1.82) is 0 Å². The van der Waals surface area contributed by atoms with E-state index in [1.165, 1.54) is 0 Å². The molecule has 0 fully saturated rings. The molecule has 2 aromatic carbocycles. The zero-order valence-corrected chi connectivity index (χ0v) is 12.2. The van der Waals surface area contributed by atoms with Crippen LogP contribution in [0.15, 0.2) is 51.8 Å². The third kappa shape index (κ3) is 2.75. The Labute approximate surface area is 124 Å². The number of rotatable bonds is 4. The van der Waals surface area contributed by atoms with E-state index >= 15 is 0 Å². The Morgan fingerprint density at radius 2 is 2.10 bits per heavy atom. The van der Waals surface area contributed by atoms with Crippen LogP contribution >= 0.6 is 0 Å². The molecule has 0 saturated carbocycles. The van der Waals surface area contributed by atoms with Gasteiger partial charge >= 0.3 is 0 Å². The summed E-state index contributed by atoms with van der Waals surface area (Å²) in [5, 5.41) is 0. The van der Waals surface area contributed by atoms with Gasteiger partial charge < -0.3 is 14.9 Å². The van der Waals surface area contributed by atoms with Crippen LogP contribution in [-0.2, 0) is 16.6 Å². The zero-order valence-electron chi connectivity index (χ0n) is 11.4. The SMILES string of the molecule is COc1cccc(S(=O)Cc2nc3c(N)cccc3o2)c1. The number of anilines is 1. The number of methoxy groups -OCH3 is 1. The van der Waals surface area contributed by atoms with Gasteiger partial charge in [-0.1, -0.05) is 12.1 Å². The topological polar surface area (TPSA) is 78.3 Å². The molecular weight excluding hydrogens is 288 g/mol. The lowest BCUT2D eigenvalue weighted by Crippen LogP contribution is -1.97. The Morgan fingerprint density at radius 3 is 2.86 bits per heavy atom. The summed E-state index contributed by atoms with van der Waals surface area (Å²) in [7, 11) is 0.318. The van der Waals surface area contributed by atoms with Crippen LogP contribution in [0.5, 0.6) is 5.75 Å². The Morgan fingerprint density at radius 1 is 1.29 bits per heavy atom. The molecule has 1 aromatic heterocycles. The van der Waals surface area contributed by atoms with Crippen molar-refractivity contribution >= 4 is 27.6 Å². The highest BCUT2D eigenvalue weighted by Gasteiger charge is 2.13. The molecule has 2 N–H and O–H groups in total. The van der Waals surface area contributed by atoms with Gasteiger partial charge in [0.15, 0.2) is 5.58 Å². The van der Waals surface area contributed by atoms with Crippen molar-refractivity contribution in [2.75, 3.05) is 12.8 Å². The van der Waals surface area contributed by atoms with Crippen LogP contribution in [-0.4, -0.2) is 16.3 Å². The predicted octanol–water partition coefficient (Wildman–Crippen LogP) is 2.73. The Bertz CT molecular complexity index is 814. The normalized spacial score (nSPS) is 12.4. The molecule has 3 rings (SSSR count). The summed E-state index contributed by atoms with van der Waals surface area (Å²) in [5.74, 6) is 1.27. The second-order valence-corrected chi connectivity index (χ2v) is 5.92. The van der Waals surface area contributed by atoms with E-state index in [9.17, 15) is 4.21 Å². The summed E-state index contributed by atoms with van der Waals surface area (Å²) in [5.41, 5.74) is 7.60. The maximum absolute atomic E-state index is 12.4. The monoisotopic (exact) mass is 302 g/mol. The number of oxazole rings is 1. The highest BCUT2D eigenvalue weighted by atomic mass is 32.2. The largest absolute Gasteiger partial charge is 0.497 e. The van der Waals surface area contributed by atoms with E-state index in [4.69, 9.17) is 14.9 Å². The number of aromatic nitrogens is 1. The van der Waals surface area contributed by atoms with Gasteiger partial charge in [0.1, 0.15) is 17.0 Å². The fourth-order valence-corrected chi connectivity index (χ4v) is 3.01. The van der Waals surface area contributed by atoms with Crippen LogP contribution < -0.4 is 10.5 Å². The molecule has 6 heteroatoms. The standard InChI is InChI=1S/C15H14N2O3S/c1-19-10-4-2-5-11(8-10)21(18)9-14-17-15-12(16)6-3-7-13(15)20-14/h2-8H,9,16H2,1H3. The number of hydrogen-bond acceptors (Lipinski definition) is 5. The first-order valence-corrected chi connectivity index (χ1v) is 7.65. The number of ether oxygens (including phenoxy) is 1. The quantitative estimate of drug-likeness (QED) is 0.750. The fraction of sp³-hybridized carbons (Fsp3) is 0.133. The Kier molecular flexibility index (Phi) is 3.62. The van der Waals surface area contributed by atoms with Crippen LogP contribution in [0.2, 0.25) is 0 Å². The summed E-state index contributed by atoms with van der Waals surface area (Å²) in [6, 6.07) is 12.5. The molecule has 0 spiro atoms. The van der Waals surface area contributed by atoms with Gasteiger partial charge in [0.2, 0.25) is 5.89 Å². The summed E-state index contributed by atoms with van der Waals surface area (Å²) < 4.78 is 23.1. The minimum atomic E-state index is -1.26. The fourth-order valence-electron chi connectivity index (χ4n) is 2.02. The molecule has 1 atom stereocenters. The van der Waals surface area contributed by atoms with E-state index in [0.29, 0.717) is 33.3 Å². The van der Waals surface area contributed by atoms with Gasteiger partial charge in [0, 0.05) is 4.90 Å². The van der Waals surface area contributed by atoms with Crippen molar-refractivity contribution in [3.63, 3.8) is 0 Å². The second kappa shape index (κ2) is 5.57. The van der Waals surface area contributed by atoms with Gasteiger partial charge in [-0.05, 0) is 30.3 Å². The van der Waals surface area contributed by atoms with Gasteiger partial charge in [-0.3, -0.25) is 4.21 Å². The van der Waals surface area contributed by atoms with Gasteiger partial charge in [-0.15, -0.1) is 0 Å². The lowest BCUT2D eigenvalue weighted by atomic mass is 10.3. The molecule has 0 aliphatic heterocycles. The first-order chi connectivity index (χ1) is 10.2. The van der Waals surface area contributed by atoms with E-state index < -0.39 is 10.8 Å². The van der Waals surface area contributed by atoms with Gasteiger partial charge in [-0.25, -0.2) is 4.98 Å². The van der Waals surface area contributed by atoms with Crippen molar-refractivity contribution < 1.29 is 13.4 Å². The Balaban J connectivity index is 1.87. The molecule has 5 nitrogen and oxygen atoms in total. The van der Waals surface area contributed by atoms with Crippen LogP contribution in [0.4, 0.5) is 5.69 Å². The molecule has 0 bridgehead atoms. The van der Waals surface area contributed by atoms with Crippen LogP contribution in [0.25, 0.3) is 11.1 Å². The molecule has 108 valence electrons. The summed E-state index contributed by atoms with van der Waals surface area (Å²) in [6.07, 6.45) is 0. The van der Waals surface area contributed by atoms with Crippen LogP contribution in [0, 0.1) is 0 Å². The van der Waals surface area contributed by atoms with E-state index in [-0.39, 0.29) is 5.75 Å². The predicted molar refractivity (Wildman–Crippen MR) is 81.5 cm³/mol. The molecule has 0 aliphatic rings. The zero-order chi connectivity index (χ0) is 14.8. The van der Waals surface area contributed by atoms with E-state index in [0.717, 1.165) is 0 Å². The molecule has 3 aromatic rings. The lowest BCUT2D eigenvalue weighted by molar-refractivity contribution is 0.413. The van der Waals surface area contributed by atoms with Gasteiger partial charge in [-0.2, -0.15) is 0 Å². The van der Waals surface area contributed by atoms with E-state index in [1.54, 1.807) is 49.6 Å². The second-order valence-electron chi connectivity index (χ2n) is 4.47. The van der Waals surface area contributed by atoms with Crippen molar-refractivity contribution in [2.45, 2.75) is 10.6 Å². The molecule has 0 radical (unpaired) electrons. The molecule has 1 unspecified atom stereocenters. The number of fused-ring (bicyclic) bond motifs is 1. The number of nitrogen functional groups attached to an aromatic ring is 1. The molecule has 0 amide bonds. The van der Waals surface area contributed by atoms with Crippen molar-refractivity contribution in [3.8, 4) is 5.75 Å². The van der Waals surface area contributed by atoms with E-state index in [1.807, 2.05) is 0 Å². The van der Waals surface area contributed by atoms with Gasteiger partial charge in [0.05, 0.1) is 23.6 Å². The summed E-state index contributed by atoms with van der Waals surface area (Å²) in [6.45, 7) is 0. The summed E-state index contributed by atoms with van der Waals surface area (Å²) >= 11 is 0. The maximum atomic E-state index is 12.4. The number of para-hydroxylation sites is 1. The molecule has 21 heavy (non-hydrogen) atoms. The van der Waals surface area contributed by atoms with E-state index in [2.05, 4.69) is 4.98 Å². The first kappa shape index (κ1) is 13.6. The molecule has 1 heterocycles. The molecule has 0 saturated heterocycles. The number of benzene rings is 2. The average molecular weight is 302 g/mol. The number of nitrogens with two attached hydrogens (primary N) is 1. The van der Waals surface area contributed by atoms with Crippen LogP contribution in [0.1, 0.15) is 5.89 Å². The number of nitrogens with zero attached hydrogens (tertiary/aromatic N) is 1. The highest BCUT2D eigenvalue weighted by molar-refractivity contribution is 7.84. The lowest BCUT2D eigenvalue weighted by Gasteiger charge is -2.03. The maximum Gasteiger partial charge on any atom is 0.208 e. The van der Waals surface area contributed by atoms with Crippen LogP contribution in [0.3, 0.4) is 0 Å². The molecular formula is C15H14N2O3S. The van der Waals surface area contributed by atoms with Gasteiger partial charge in [0.25, 0.3) is 0 Å². The third-order valence-electron chi connectivity index (χ3n) is 3.05. The minimum absolute atomic E-state index is 0.196. The third-order valence-corrected chi connectivity index (χ3v) is 4.34. The highest BCUT2D eigenvalue weighted by Crippen LogP contribution is 2.23. The van der Waals surface area contributed by atoms with Crippen molar-refractivity contribution in [1.82, 2.24) is 4.98 Å². The summed E-state index contributed by atoms with van der Waals surface area (Å²) in [4.78, 5) is 4.98. The van der Waals surface area contributed by atoms with Crippen molar-refractivity contribution in [3.05, 3.63) is 48.4 Å². The molecule has 0 aliphatic carbocycles. The average Bonchev–Trinajstić information content (AvgIpc) is 2.91. The first-order valence-electron chi connectivity index (χ1n) is 6.33. The smallest absolute Gasteiger partial charge is 0.208 e. The van der Waals surface area contributed by atoms with Crippen molar-refractivity contribution in [2.24, 2.45) is 0 Å². The minimum Gasteiger partial charge on any atom is -0.497 e. The Hall–Kier alpha value is -2.34. The number of hydrogen-bond donors (Lipinski definition) is 1.